The lowest BCUT2D eigenvalue weighted by Crippen LogP contribution is -2.33. The van der Waals surface area contributed by atoms with Crippen LogP contribution < -0.4 is 5.32 Å². The zero-order chi connectivity index (χ0) is 35.9. The molecule has 1 heterocycles. The molecule has 1 aliphatic heterocycles. The van der Waals surface area contributed by atoms with Crippen LogP contribution in [0.25, 0.3) is 17.2 Å². The number of hydrogen-bond acceptors (Lipinski definition) is 5. The number of rotatable bonds is 12. The summed E-state index contributed by atoms with van der Waals surface area (Å²) in [6.07, 6.45) is 1.53. The number of halogens is 3. The zero-order valence-electron chi connectivity index (χ0n) is 27.5. The predicted molar refractivity (Wildman–Crippen MR) is 186 cm³/mol. The van der Waals surface area contributed by atoms with Crippen molar-refractivity contribution in [3.05, 3.63) is 131 Å². The maximum Gasteiger partial charge on any atom is 0.490 e. The number of phenolic OH excluding ortho intramolecular Hbond substituents is 1. The summed E-state index contributed by atoms with van der Waals surface area (Å²) in [5, 5.41) is 19.8. The molecule has 1 saturated heterocycles. The van der Waals surface area contributed by atoms with E-state index in [9.17, 15) is 27.9 Å². The Labute approximate surface area is 289 Å². The van der Waals surface area contributed by atoms with Crippen LogP contribution in [0.4, 0.5) is 13.2 Å². The molecule has 0 atom stereocenters. The first-order valence-electron chi connectivity index (χ1n) is 16.3. The number of benzene rings is 4. The molecule has 1 aliphatic rings. The lowest BCUT2D eigenvalue weighted by atomic mass is 10.0. The van der Waals surface area contributed by atoms with Crippen LogP contribution in [0.1, 0.15) is 39.9 Å². The summed E-state index contributed by atoms with van der Waals surface area (Å²) in [5.74, 6) is -2.66. The lowest BCUT2D eigenvalue weighted by molar-refractivity contribution is -0.192. The van der Waals surface area contributed by atoms with Crippen LogP contribution in [-0.2, 0) is 22.6 Å². The third kappa shape index (κ3) is 12.2. The van der Waals surface area contributed by atoms with Crippen molar-refractivity contribution in [1.82, 2.24) is 15.1 Å². The minimum absolute atomic E-state index is 0.0617. The van der Waals surface area contributed by atoms with E-state index in [4.69, 9.17) is 9.90 Å². The highest BCUT2D eigenvalue weighted by atomic mass is 19.4. The fraction of sp³-hybridized carbons (Fsp3) is 0.256. The van der Waals surface area contributed by atoms with Gasteiger partial charge in [-0.2, -0.15) is 13.2 Å². The fourth-order valence-corrected chi connectivity index (χ4v) is 5.38. The molecule has 2 amide bonds. The van der Waals surface area contributed by atoms with Gasteiger partial charge in [-0.3, -0.25) is 9.59 Å². The molecule has 0 saturated carbocycles. The number of hydrogen-bond donors (Lipinski definition) is 3. The number of phenols is 1. The van der Waals surface area contributed by atoms with Crippen LogP contribution in [0.15, 0.2) is 109 Å². The quantitative estimate of drug-likeness (QED) is 0.141. The summed E-state index contributed by atoms with van der Waals surface area (Å²) in [4.78, 5) is 39.4. The molecular weight excluding hydrogens is 647 g/mol. The van der Waals surface area contributed by atoms with E-state index in [0.29, 0.717) is 31.6 Å². The summed E-state index contributed by atoms with van der Waals surface area (Å²) in [6.45, 7) is 4.73. The Morgan fingerprint density at radius 3 is 2.12 bits per heavy atom. The van der Waals surface area contributed by atoms with E-state index in [0.717, 1.165) is 47.5 Å². The molecule has 4 aromatic rings. The Morgan fingerprint density at radius 2 is 1.46 bits per heavy atom. The van der Waals surface area contributed by atoms with Crippen LogP contribution in [0.2, 0.25) is 0 Å². The molecule has 8 nitrogen and oxygen atoms in total. The van der Waals surface area contributed by atoms with E-state index in [1.165, 1.54) is 12.8 Å². The van der Waals surface area contributed by atoms with Gasteiger partial charge in [0.2, 0.25) is 5.91 Å². The number of carboxylic acid groups (broad SMARTS) is 1. The predicted octanol–water partition coefficient (Wildman–Crippen LogP) is 6.80. The van der Waals surface area contributed by atoms with E-state index in [-0.39, 0.29) is 17.6 Å². The van der Waals surface area contributed by atoms with Gasteiger partial charge in [-0.05, 0) is 96.6 Å². The molecule has 0 spiro atoms. The van der Waals surface area contributed by atoms with Gasteiger partial charge in [0.25, 0.3) is 5.91 Å². The summed E-state index contributed by atoms with van der Waals surface area (Å²) >= 11 is 0. The number of nitrogens with zero attached hydrogens (tertiary/aromatic N) is 2. The van der Waals surface area contributed by atoms with Crippen LogP contribution in [0, 0.1) is 0 Å². The second-order valence-electron chi connectivity index (χ2n) is 11.8. The number of likely N-dealkylation sites (tertiary alicyclic amines) is 1. The summed E-state index contributed by atoms with van der Waals surface area (Å²) < 4.78 is 31.7. The SMILES string of the molecule is O=C(NCCN1CCCC1)c1cccc(-c2cccc(CN(CCc3ccc(O)cc3)C(=O)C=Cc3ccccc3)c2)c1.O=C(O)C(F)(F)F. The summed E-state index contributed by atoms with van der Waals surface area (Å²) in [5.41, 5.74) is 5.62. The van der Waals surface area contributed by atoms with Crippen molar-refractivity contribution in [2.75, 3.05) is 32.7 Å². The first kappa shape index (κ1) is 37.4. The molecule has 262 valence electrons. The van der Waals surface area contributed by atoms with E-state index >= 15 is 0 Å². The number of nitrogens with one attached hydrogen (secondary N) is 1. The average Bonchev–Trinajstić information content (AvgIpc) is 3.64. The second-order valence-corrected chi connectivity index (χ2v) is 11.8. The molecule has 11 heteroatoms. The van der Waals surface area contributed by atoms with Crippen LogP contribution in [0.3, 0.4) is 0 Å². The van der Waals surface area contributed by atoms with E-state index in [1.54, 1.807) is 18.2 Å². The Balaban J connectivity index is 0.000000727. The van der Waals surface area contributed by atoms with Crippen molar-refractivity contribution in [2.45, 2.75) is 32.0 Å². The van der Waals surface area contributed by atoms with Gasteiger partial charge in [0, 0.05) is 37.8 Å². The van der Waals surface area contributed by atoms with Crippen molar-refractivity contribution in [2.24, 2.45) is 0 Å². The number of amides is 2. The van der Waals surface area contributed by atoms with Crippen LogP contribution >= 0.6 is 0 Å². The van der Waals surface area contributed by atoms with Crippen molar-refractivity contribution in [1.29, 1.82) is 0 Å². The van der Waals surface area contributed by atoms with Gasteiger partial charge in [-0.1, -0.05) is 72.8 Å². The number of carboxylic acids is 1. The van der Waals surface area contributed by atoms with Gasteiger partial charge in [-0.15, -0.1) is 0 Å². The highest BCUT2D eigenvalue weighted by molar-refractivity contribution is 5.95. The van der Waals surface area contributed by atoms with Gasteiger partial charge >= 0.3 is 12.1 Å². The lowest BCUT2D eigenvalue weighted by Gasteiger charge is -2.22. The highest BCUT2D eigenvalue weighted by Gasteiger charge is 2.38. The van der Waals surface area contributed by atoms with Gasteiger partial charge in [0.15, 0.2) is 0 Å². The van der Waals surface area contributed by atoms with Crippen molar-refractivity contribution >= 4 is 23.9 Å². The summed E-state index contributed by atoms with van der Waals surface area (Å²) in [7, 11) is 0. The van der Waals surface area contributed by atoms with Crippen molar-refractivity contribution < 1.29 is 37.8 Å². The van der Waals surface area contributed by atoms with E-state index in [1.807, 2.05) is 95.9 Å². The maximum absolute atomic E-state index is 13.4. The zero-order valence-corrected chi connectivity index (χ0v) is 27.5. The molecule has 0 radical (unpaired) electrons. The molecule has 0 aromatic heterocycles. The molecule has 5 rings (SSSR count). The standard InChI is InChI=1S/C37H39N3O3.C2HF3O2/c41-35-17-14-30(15-18-35)20-24-40(36(42)19-16-29-8-2-1-3-9-29)28-31-10-6-11-32(26-31)33-12-7-13-34(27-33)37(43)38-21-25-39-22-4-5-23-39;3-2(4,5)1(6)7/h1-3,6-19,26-27,41H,4-5,20-25,28H2,(H,38,43);(H,6,7). The fourth-order valence-electron chi connectivity index (χ4n) is 5.38. The van der Waals surface area contributed by atoms with Crippen molar-refractivity contribution in [3.8, 4) is 16.9 Å². The molecule has 0 aliphatic carbocycles. The number of aromatic hydroxyl groups is 1. The Hall–Kier alpha value is -5.42. The molecule has 4 aromatic carbocycles. The highest BCUT2D eigenvalue weighted by Crippen LogP contribution is 2.23. The van der Waals surface area contributed by atoms with Crippen molar-refractivity contribution in [3.63, 3.8) is 0 Å². The Morgan fingerprint density at radius 1 is 0.820 bits per heavy atom. The second kappa shape index (κ2) is 18.4. The number of carbonyl (C=O) groups is 3. The minimum Gasteiger partial charge on any atom is -0.508 e. The first-order valence-corrected chi connectivity index (χ1v) is 16.3. The molecule has 0 unspecified atom stereocenters. The molecule has 50 heavy (non-hydrogen) atoms. The molecule has 0 bridgehead atoms. The maximum atomic E-state index is 13.4. The van der Waals surface area contributed by atoms with Gasteiger partial charge < -0.3 is 25.3 Å². The van der Waals surface area contributed by atoms with Gasteiger partial charge in [0.05, 0.1) is 0 Å². The number of carbonyl (C=O) groups excluding carboxylic acids is 2. The first-order chi connectivity index (χ1) is 24.0. The number of alkyl halides is 3. The van der Waals surface area contributed by atoms with Crippen LogP contribution in [-0.4, -0.2) is 76.7 Å². The molecule has 1 fully saturated rings. The third-order valence-corrected chi connectivity index (χ3v) is 8.05. The topological polar surface area (TPSA) is 110 Å². The Bertz CT molecular complexity index is 1740. The normalized spacial score (nSPS) is 13.0. The van der Waals surface area contributed by atoms with E-state index in [2.05, 4.69) is 16.3 Å². The smallest absolute Gasteiger partial charge is 0.490 e. The van der Waals surface area contributed by atoms with Gasteiger partial charge in [0.1, 0.15) is 5.75 Å². The third-order valence-electron chi connectivity index (χ3n) is 8.05. The van der Waals surface area contributed by atoms with E-state index < -0.39 is 12.1 Å². The number of aliphatic carboxylic acids is 1. The van der Waals surface area contributed by atoms with Crippen LogP contribution in [0.5, 0.6) is 5.75 Å². The molecule has 3 N–H and O–H groups in total. The summed E-state index contributed by atoms with van der Waals surface area (Å²) in [6, 6.07) is 32.7. The largest absolute Gasteiger partial charge is 0.508 e. The Kier molecular flexibility index (Phi) is 13.7. The minimum atomic E-state index is -5.08. The average molecular weight is 688 g/mol. The van der Waals surface area contributed by atoms with Gasteiger partial charge in [-0.25, -0.2) is 4.79 Å². The monoisotopic (exact) mass is 687 g/mol. The molecular formula is C39H40F3N3O5.